The molecule has 152 valence electrons. The van der Waals surface area contributed by atoms with Crippen LogP contribution in [-0.4, -0.2) is 42.1 Å². The topological polar surface area (TPSA) is 58.4 Å². The fourth-order valence-corrected chi connectivity index (χ4v) is 4.67. The van der Waals surface area contributed by atoms with Gasteiger partial charge in [-0.3, -0.25) is 4.79 Å². The first-order valence-corrected chi connectivity index (χ1v) is 11.3. The molecule has 2 heterocycles. The van der Waals surface area contributed by atoms with Crippen LogP contribution >= 0.6 is 11.8 Å². The Balaban J connectivity index is 1.55. The molecule has 1 saturated heterocycles. The predicted molar refractivity (Wildman–Crippen MR) is 113 cm³/mol. The van der Waals surface area contributed by atoms with Crippen molar-refractivity contribution in [2.45, 2.75) is 43.8 Å². The van der Waals surface area contributed by atoms with Crippen molar-refractivity contribution < 1.29 is 9.32 Å². The first-order chi connectivity index (χ1) is 13.7. The molecule has 5 nitrogen and oxygen atoms in total. The Labute approximate surface area is 172 Å². The smallest absolute Gasteiger partial charge is 0.222 e. The summed E-state index contributed by atoms with van der Waals surface area (Å²) in [6.45, 7) is 7.60. The molecule has 1 amide bonds. The van der Waals surface area contributed by atoms with Crippen molar-refractivity contribution in [2.24, 2.45) is 11.8 Å². The largest absolute Gasteiger partial charge is 0.360 e. The van der Waals surface area contributed by atoms with E-state index in [2.05, 4.69) is 28.7 Å². The minimum Gasteiger partial charge on any atom is -0.360 e. The van der Waals surface area contributed by atoms with E-state index >= 15 is 0 Å². The summed E-state index contributed by atoms with van der Waals surface area (Å²) in [5, 5.41) is 7.77. The molecule has 1 aromatic carbocycles. The van der Waals surface area contributed by atoms with Crippen LogP contribution in [0.5, 0.6) is 0 Å². The van der Waals surface area contributed by atoms with Crippen molar-refractivity contribution in [3.63, 3.8) is 0 Å². The molecule has 6 heteroatoms. The first kappa shape index (κ1) is 20.9. The van der Waals surface area contributed by atoms with E-state index in [0.29, 0.717) is 18.3 Å². The molecule has 1 aliphatic rings. The first-order valence-electron chi connectivity index (χ1n) is 10.3. The third-order valence-corrected chi connectivity index (χ3v) is 6.56. The van der Waals surface area contributed by atoms with Gasteiger partial charge in [0, 0.05) is 30.5 Å². The molecule has 2 atom stereocenters. The van der Waals surface area contributed by atoms with Crippen LogP contribution in [0, 0.1) is 11.8 Å². The van der Waals surface area contributed by atoms with Crippen molar-refractivity contribution in [3.05, 3.63) is 47.9 Å². The van der Waals surface area contributed by atoms with Crippen molar-refractivity contribution in [2.75, 3.05) is 26.2 Å². The second kappa shape index (κ2) is 10.7. The highest BCUT2D eigenvalue weighted by atomic mass is 32.2. The van der Waals surface area contributed by atoms with Crippen molar-refractivity contribution in [3.8, 4) is 0 Å². The Morgan fingerprint density at radius 1 is 1.25 bits per heavy atom. The number of carbonyl (C=O) groups excluding carboxylic acids is 1. The van der Waals surface area contributed by atoms with E-state index in [9.17, 15) is 4.79 Å². The van der Waals surface area contributed by atoms with Crippen LogP contribution in [0.3, 0.4) is 0 Å². The predicted octanol–water partition coefficient (Wildman–Crippen LogP) is 3.99. The second-order valence-electron chi connectivity index (χ2n) is 7.37. The average molecular weight is 402 g/mol. The Morgan fingerprint density at radius 2 is 2.04 bits per heavy atom. The number of nitrogens with zero attached hydrogens (tertiary/aromatic N) is 2. The number of benzene rings is 1. The normalized spacial score (nSPS) is 19.5. The highest BCUT2D eigenvalue weighted by molar-refractivity contribution is 7.98. The fraction of sp³-hybridized carbons (Fsp3) is 0.545. The van der Waals surface area contributed by atoms with E-state index in [1.54, 1.807) is 11.8 Å². The van der Waals surface area contributed by atoms with E-state index in [0.717, 1.165) is 56.2 Å². The lowest BCUT2D eigenvalue weighted by atomic mass is 9.81. The number of carbonyl (C=O) groups is 1. The quantitative estimate of drug-likeness (QED) is 0.644. The number of rotatable bonds is 9. The zero-order valence-corrected chi connectivity index (χ0v) is 17.7. The summed E-state index contributed by atoms with van der Waals surface area (Å²) in [5.41, 5.74) is 0.998. The van der Waals surface area contributed by atoms with Gasteiger partial charge in [-0.15, -0.1) is 11.8 Å². The third kappa shape index (κ3) is 5.85. The number of nitrogens with one attached hydrogen (secondary N) is 1. The molecule has 0 unspecified atom stereocenters. The van der Waals surface area contributed by atoms with E-state index in [4.69, 9.17) is 4.52 Å². The maximum Gasteiger partial charge on any atom is 0.222 e. The van der Waals surface area contributed by atoms with Crippen LogP contribution < -0.4 is 5.32 Å². The summed E-state index contributed by atoms with van der Waals surface area (Å²) < 4.78 is 5.55. The summed E-state index contributed by atoms with van der Waals surface area (Å²) in [7, 11) is 0. The molecule has 1 N–H and O–H groups in total. The van der Waals surface area contributed by atoms with Gasteiger partial charge in [-0.1, -0.05) is 23.4 Å². The Hall–Kier alpha value is -1.79. The fourth-order valence-electron chi connectivity index (χ4n) is 3.87. The van der Waals surface area contributed by atoms with Crippen LogP contribution in [0.15, 0.2) is 45.8 Å². The van der Waals surface area contributed by atoms with Crippen molar-refractivity contribution in [1.82, 2.24) is 15.4 Å². The molecule has 0 bridgehead atoms. The molecule has 3 rings (SSSR count). The zero-order valence-electron chi connectivity index (χ0n) is 16.9. The molecule has 1 aliphatic heterocycles. The summed E-state index contributed by atoms with van der Waals surface area (Å²) in [6, 6.07) is 12.4. The van der Waals surface area contributed by atoms with Gasteiger partial charge in [0.15, 0.2) is 0 Å². The van der Waals surface area contributed by atoms with Gasteiger partial charge in [-0.2, -0.15) is 0 Å². The van der Waals surface area contributed by atoms with Crippen LogP contribution in [0.25, 0.3) is 0 Å². The highest BCUT2D eigenvalue weighted by Crippen LogP contribution is 2.28. The monoisotopic (exact) mass is 401 g/mol. The molecule has 0 saturated carbocycles. The van der Waals surface area contributed by atoms with Crippen LogP contribution in [0.2, 0.25) is 0 Å². The van der Waals surface area contributed by atoms with Gasteiger partial charge in [0.05, 0.1) is 11.4 Å². The van der Waals surface area contributed by atoms with E-state index in [1.165, 1.54) is 4.90 Å². The summed E-state index contributed by atoms with van der Waals surface area (Å²) in [5.74, 6) is 2.80. The number of piperidine rings is 1. The van der Waals surface area contributed by atoms with Gasteiger partial charge in [-0.25, -0.2) is 0 Å². The minimum absolute atomic E-state index is 0.280. The standard InChI is InChI=1S/C22H31N3O2S/c1-3-25(4-2)22(26)13-17-10-11-23-15-18(17)12-19-14-20(27-24-19)16-28-21-8-6-5-7-9-21/h5-9,14,17-18,23H,3-4,10-13,15-16H2,1-2H3/t17-,18-/m0/s1. The summed E-state index contributed by atoms with van der Waals surface area (Å²) in [4.78, 5) is 15.7. The van der Waals surface area contributed by atoms with Gasteiger partial charge in [0.1, 0.15) is 5.76 Å². The second-order valence-corrected chi connectivity index (χ2v) is 8.42. The SMILES string of the molecule is CCN(CC)C(=O)C[C@@H]1CCNC[C@@H]1Cc1cc(CSc2ccccc2)on1. The average Bonchev–Trinajstić information content (AvgIpc) is 3.17. The number of thioether (sulfide) groups is 1. The Bertz CT molecular complexity index is 730. The number of hydrogen-bond acceptors (Lipinski definition) is 5. The van der Waals surface area contributed by atoms with Gasteiger partial charge >= 0.3 is 0 Å². The number of amides is 1. The lowest BCUT2D eigenvalue weighted by Crippen LogP contribution is -2.41. The molecule has 1 fully saturated rings. The molecule has 2 aromatic rings. The van der Waals surface area contributed by atoms with Crippen LogP contribution in [0.4, 0.5) is 0 Å². The Morgan fingerprint density at radius 3 is 2.79 bits per heavy atom. The lowest BCUT2D eigenvalue weighted by Gasteiger charge is -2.32. The Kier molecular flexibility index (Phi) is 7.98. The summed E-state index contributed by atoms with van der Waals surface area (Å²) >= 11 is 1.75. The van der Waals surface area contributed by atoms with E-state index in [-0.39, 0.29) is 5.91 Å². The van der Waals surface area contributed by atoms with Gasteiger partial charge < -0.3 is 14.7 Å². The van der Waals surface area contributed by atoms with E-state index in [1.807, 2.05) is 36.9 Å². The summed E-state index contributed by atoms with van der Waals surface area (Å²) in [6.07, 6.45) is 2.55. The molecule has 0 spiro atoms. The molecular weight excluding hydrogens is 370 g/mol. The number of hydrogen-bond donors (Lipinski definition) is 1. The van der Waals surface area contributed by atoms with Crippen LogP contribution in [-0.2, 0) is 17.0 Å². The molecule has 1 aromatic heterocycles. The minimum atomic E-state index is 0.280. The van der Waals surface area contributed by atoms with Gasteiger partial charge in [-0.05, 0) is 63.7 Å². The van der Waals surface area contributed by atoms with Crippen molar-refractivity contribution in [1.29, 1.82) is 0 Å². The molecule has 28 heavy (non-hydrogen) atoms. The third-order valence-electron chi connectivity index (χ3n) is 5.52. The maximum absolute atomic E-state index is 12.6. The zero-order chi connectivity index (χ0) is 19.8. The van der Waals surface area contributed by atoms with Crippen molar-refractivity contribution >= 4 is 17.7 Å². The van der Waals surface area contributed by atoms with Gasteiger partial charge in [0.25, 0.3) is 0 Å². The van der Waals surface area contributed by atoms with E-state index < -0.39 is 0 Å². The molecule has 0 radical (unpaired) electrons. The van der Waals surface area contributed by atoms with Gasteiger partial charge in [0.2, 0.25) is 5.91 Å². The van der Waals surface area contributed by atoms with Crippen LogP contribution in [0.1, 0.15) is 38.1 Å². The highest BCUT2D eigenvalue weighted by Gasteiger charge is 2.29. The molecule has 0 aliphatic carbocycles. The molecular formula is C22H31N3O2S. The number of aromatic nitrogens is 1. The maximum atomic E-state index is 12.6. The lowest BCUT2D eigenvalue weighted by molar-refractivity contribution is -0.132.